The Bertz CT molecular complexity index is 96.1. The van der Waals surface area contributed by atoms with E-state index in [4.69, 9.17) is 0 Å². The Morgan fingerprint density at radius 1 is 1.27 bits per heavy atom. The van der Waals surface area contributed by atoms with Crippen LogP contribution in [0.2, 0.25) is 10.6 Å². The van der Waals surface area contributed by atoms with Crippen molar-refractivity contribution in [2.45, 2.75) is 38.3 Å². The predicted octanol–water partition coefficient (Wildman–Crippen LogP) is 1.74. The molecule has 0 spiro atoms. The molecule has 0 saturated carbocycles. The second-order valence-electron chi connectivity index (χ2n) is 5.00. The van der Waals surface area contributed by atoms with Crippen molar-refractivity contribution in [1.29, 1.82) is 0 Å². The van der Waals surface area contributed by atoms with Crippen LogP contribution in [-0.2, 0) is 0 Å². The van der Waals surface area contributed by atoms with Crippen LogP contribution in [0.3, 0.4) is 0 Å². The van der Waals surface area contributed by atoms with Gasteiger partial charge in [-0.15, -0.1) is 0 Å². The highest BCUT2D eigenvalue weighted by atomic mass is 28.2. The van der Waals surface area contributed by atoms with Crippen molar-refractivity contribution >= 4 is 9.52 Å². The minimum absolute atomic E-state index is 0.0896. The van der Waals surface area contributed by atoms with Gasteiger partial charge in [0.15, 0.2) is 0 Å². The first kappa shape index (κ1) is 11.2. The van der Waals surface area contributed by atoms with Gasteiger partial charge in [-0.3, -0.25) is 0 Å². The first-order valence-corrected chi connectivity index (χ1v) is 6.00. The average Bonchev–Trinajstić information content (AvgIpc) is 1.53. The Kier molecular flexibility index (Phi) is 4.33. The van der Waals surface area contributed by atoms with Gasteiger partial charge in [-0.25, -0.2) is 0 Å². The van der Waals surface area contributed by atoms with Crippen molar-refractivity contribution in [2.24, 2.45) is 0 Å². The van der Waals surface area contributed by atoms with Crippen LogP contribution in [0.4, 0.5) is 0 Å². The Hall–Kier alpha value is 0.177. The number of hydrogen-bond donors (Lipinski definition) is 0. The Balaban J connectivity index is 3.79. The lowest BCUT2D eigenvalue weighted by Gasteiger charge is -2.29. The van der Waals surface area contributed by atoms with Gasteiger partial charge in [0, 0.05) is 9.52 Å². The molecule has 0 heterocycles. The normalized spacial score (nSPS) is 14.2. The molecule has 0 saturated heterocycles. The molecule has 0 atom stereocenters. The van der Waals surface area contributed by atoms with Gasteiger partial charge in [0.05, 0.1) is 0 Å². The topological polar surface area (TPSA) is 3.24 Å². The summed E-state index contributed by atoms with van der Waals surface area (Å²) in [5, 5.41) is 0.609. The molecule has 0 rings (SSSR count). The van der Waals surface area contributed by atoms with Crippen molar-refractivity contribution < 1.29 is 0 Å². The van der Waals surface area contributed by atoms with Crippen LogP contribution in [-0.4, -0.2) is 35.1 Å². The predicted molar refractivity (Wildman–Crippen MR) is 56.2 cm³/mol. The van der Waals surface area contributed by atoms with Gasteiger partial charge in [-0.1, -0.05) is 33.2 Å². The zero-order valence-electron chi connectivity index (χ0n) is 8.94. The van der Waals surface area contributed by atoms with Crippen molar-refractivity contribution in [1.82, 2.24) is 4.90 Å². The van der Waals surface area contributed by atoms with Crippen LogP contribution in [0.25, 0.3) is 0 Å². The van der Waals surface area contributed by atoms with Crippen LogP contribution >= 0.6 is 0 Å². The highest BCUT2D eigenvalue weighted by molar-refractivity contribution is 6.41. The van der Waals surface area contributed by atoms with E-state index in [0.29, 0.717) is 5.04 Å². The van der Waals surface area contributed by atoms with E-state index < -0.39 is 0 Å². The number of nitrogens with zero attached hydrogens (tertiary/aromatic N) is 1. The SMILES string of the molecule is CC(C)[SiH2]C(C)(C)CN(C)C. The van der Waals surface area contributed by atoms with Gasteiger partial charge in [-0.05, 0) is 25.7 Å². The average molecular weight is 173 g/mol. The summed E-state index contributed by atoms with van der Waals surface area (Å²) in [6, 6.07) is 0. The number of hydrogen-bond acceptors (Lipinski definition) is 1. The first-order valence-electron chi connectivity index (χ1n) is 4.48. The molecule has 0 bridgehead atoms. The zero-order valence-corrected chi connectivity index (χ0v) is 10.4. The summed E-state index contributed by atoms with van der Waals surface area (Å²) < 4.78 is 0. The van der Waals surface area contributed by atoms with Gasteiger partial charge in [0.1, 0.15) is 0 Å². The fourth-order valence-electron chi connectivity index (χ4n) is 2.03. The largest absolute Gasteiger partial charge is 0.309 e. The van der Waals surface area contributed by atoms with Crippen LogP contribution < -0.4 is 0 Å². The molecule has 0 aromatic carbocycles. The standard InChI is InChI=1S/C9H23NSi/c1-8(2)11-9(3,4)7-10(5)6/h8H,7,11H2,1-6H3. The molecular formula is C9H23NSi. The quantitative estimate of drug-likeness (QED) is 0.585. The lowest BCUT2D eigenvalue weighted by molar-refractivity contribution is 0.360. The molecule has 0 aromatic rings. The Labute approximate surface area is 74.0 Å². The van der Waals surface area contributed by atoms with Gasteiger partial charge >= 0.3 is 0 Å². The second kappa shape index (κ2) is 4.26. The molecule has 0 unspecified atom stereocenters. The third-order valence-electron chi connectivity index (χ3n) is 1.71. The smallest absolute Gasteiger partial charge is 0.0305 e. The van der Waals surface area contributed by atoms with Crippen LogP contribution in [0.15, 0.2) is 0 Å². The maximum absolute atomic E-state index is 2.40. The summed E-state index contributed by atoms with van der Waals surface area (Å²) in [5.41, 5.74) is 0.949. The fraction of sp³-hybridized carbons (Fsp3) is 1.00. The van der Waals surface area contributed by atoms with E-state index >= 15 is 0 Å². The number of rotatable bonds is 4. The molecule has 0 N–H and O–H groups in total. The van der Waals surface area contributed by atoms with Gasteiger partial charge < -0.3 is 4.90 Å². The van der Waals surface area contributed by atoms with E-state index in [2.05, 4.69) is 46.7 Å². The molecule has 0 aliphatic carbocycles. The van der Waals surface area contributed by atoms with Crippen molar-refractivity contribution in [3.63, 3.8) is 0 Å². The first-order chi connectivity index (χ1) is 4.83. The van der Waals surface area contributed by atoms with Gasteiger partial charge in [0.25, 0.3) is 0 Å². The van der Waals surface area contributed by atoms with E-state index in [1.165, 1.54) is 6.54 Å². The molecule has 0 aliphatic rings. The minimum Gasteiger partial charge on any atom is -0.309 e. The molecular weight excluding hydrogens is 150 g/mol. The van der Waals surface area contributed by atoms with E-state index in [-0.39, 0.29) is 9.52 Å². The summed E-state index contributed by atoms with van der Waals surface area (Å²) in [5.74, 6) is 0. The fourth-order valence-corrected chi connectivity index (χ4v) is 4.81. The minimum atomic E-state index is 0.0896. The molecule has 11 heavy (non-hydrogen) atoms. The molecule has 68 valence electrons. The molecule has 2 heteroatoms. The van der Waals surface area contributed by atoms with Crippen LogP contribution in [0.5, 0.6) is 0 Å². The van der Waals surface area contributed by atoms with Crippen molar-refractivity contribution in [3.8, 4) is 0 Å². The molecule has 0 fully saturated rings. The van der Waals surface area contributed by atoms with E-state index in [1.54, 1.807) is 0 Å². The highest BCUT2D eigenvalue weighted by Gasteiger charge is 2.20. The Morgan fingerprint density at radius 3 is 2.00 bits per heavy atom. The monoisotopic (exact) mass is 173 g/mol. The summed E-state index contributed by atoms with van der Waals surface area (Å²) in [7, 11) is 4.42. The molecule has 1 nitrogen and oxygen atoms in total. The summed E-state index contributed by atoms with van der Waals surface area (Å²) >= 11 is 0. The molecule has 0 radical (unpaired) electrons. The lowest BCUT2D eigenvalue weighted by atomic mass is 10.2. The maximum Gasteiger partial charge on any atom is 0.0305 e. The maximum atomic E-state index is 2.40. The summed E-state index contributed by atoms with van der Waals surface area (Å²) in [4.78, 5) is 2.30. The molecule has 0 amide bonds. The van der Waals surface area contributed by atoms with E-state index in [1.807, 2.05) is 0 Å². The summed E-state index contributed by atoms with van der Waals surface area (Å²) in [6.45, 7) is 10.8. The second-order valence-corrected chi connectivity index (χ2v) is 8.96. The third-order valence-corrected chi connectivity index (χ3v) is 3.85. The van der Waals surface area contributed by atoms with Crippen molar-refractivity contribution in [2.75, 3.05) is 20.6 Å². The third kappa shape index (κ3) is 6.57. The zero-order chi connectivity index (χ0) is 9.07. The van der Waals surface area contributed by atoms with Gasteiger partial charge in [0.2, 0.25) is 0 Å². The molecule has 0 aliphatic heterocycles. The van der Waals surface area contributed by atoms with E-state index in [9.17, 15) is 0 Å². The van der Waals surface area contributed by atoms with Gasteiger partial charge in [-0.2, -0.15) is 0 Å². The van der Waals surface area contributed by atoms with Crippen molar-refractivity contribution in [3.05, 3.63) is 0 Å². The van der Waals surface area contributed by atoms with Crippen LogP contribution in [0, 0.1) is 0 Å². The lowest BCUT2D eigenvalue weighted by Crippen LogP contribution is -2.29. The van der Waals surface area contributed by atoms with E-state index in [0.717, 1.165) is 5.54 Å². The Morgan fingerprint density at radius 2 is 1.73 bits per heavy atom. The highest BCUT2D eigenvalue weighted by Crippen LogP contribution is 2.27. The summed E-state index contributed by atoms with van der Waals surface area (Å²) in [6.07, 6.45) is 0. The molecule has 0 aromatic heterocycles. The van der Waals surface area contributed by atoms with Crippen LogP contribution in [0.1, 0.15) is 27.7 Å².